The van der Waals surface area contributed by atoms with Gasteiger partial charge in [-0.05, 0) is 31.4 Å². The first-order valence-corrected chi connectivity index (χ1v) is 6.92. The molecule has 1 unspecified atom stereocenters. The molecule has 0 radical (unpaired) electrons. The first kappa shape index (κ1) is 15.9. The molecule has 3 nitrogen and oxygen atoms in total. The van der Waals surface area contributed by atoms with Crippen molar-refractivity contribution < 1.29 is 13.9 Å². The molecule has 1 aromatic rings. The van der Waals surface area contributed by atoms with E-state index in [0.717, 1.165) is 18.4 Å². The van der Waals surface area contributed by atoms with E-state index in [1.807, 2.05) is 19.9 Å². The maximum absolute atomic E-state index is 13.8. The van der Waals surface area contributed by atoms with Crippen LogP contribution in [0.25, 0.3) is 0 Å². The average molecular weight is 269 g/mol. The minimum atomic E-state index is -0.322. The number of rotatable bonds is 9. The number of nitrogens with two attached hydrogens (primary N) is 1. The van der Waals surface area contributed by atoms with Crippen molar-refractivity contribution in [2.45, 2.75) is 39.2 Å². The first-order valence-electron chi connectivity index (χ1n) is 6.92. The van der Waals surface area contributed by atoms with Crippen LogP contribution in [0.15, 0.2) is 18.2 Å². The van der Waals surface area contributed by atoms with Gasteiger partial charge in [0, 0.05) is 25.7 Å². The predicted octanol–water partition coefficient (Wildman–Crippen LogP) is 2.91. The topological polar surface area (TPSA) is 44.5 Å². The summed E-state index contributed by atoms with van der Waals surface area (Å²) in [5.41, 5.74) is 6.76. The lowest BCUT2D eigenvalue weighted by Gasteiger charge is -2.15. The van der Waals surface area contributed by atoms with E-state index < -0.39 is 0 Å². The fourth-order valence-corrected chi connectivity index (χ4v) is 1.78. The van der Waals surface area contributed by atoms with E-state index >= 15 is 0 Å². The Morgan fingerprint density at radius 1 is 1.26 bits per heavy atom. The molecule has 2 N–H and O–H groups in total. The van der Waals surface area contributed by atoms with E-state index in [4.69, 9.17) is 15.2 Å². The Hall–Kier alpha value is -1.13. The van der Waals surface area contributed by atoms with Crippen LogP contribution in [0.2, 0.25) is 0 Å². The van der Waals surface area contributed by atoms with Gasteiger partial charge < -0.3 is 15.2 Å². The second-order valence-electron chi connectivity index (χ2n) is 4.50. The van der Waals surface area contributed by atoms with Gasteiger partial charge in [0.1, 0.15) is 0 Å². The average Bonchev–Trinajstić information content (AvgIpc) is 2.41. The Morgan fingerprint density at radius 3 is 2.74 bits per heavy atom. The van der Waals surface area contributed by atoms with Crippen LogP contribution in [0.4, 0.5) is 4.39 Å². The lowest BCUT2D eigenvalue weighted by atomic mass is 10.0. The zero-order valence-electron chi connectivity index (χ0n) is 11.8. The molecule has 1 atom stereocenters. The third-order valence-electron chi connectivity index (χ3n) is 2.94. The van der Waals surface area contributed by atoms with Crippen molar-refractivity contribution in [3.8, 4) is 5.75 Å². The molecule has 1 rings (SSSR count). The molecule has 0 bridgehead atoms. The van der Waals surface area contributed by atoms with Crippen molar-refractivity contribution in [3.05, 3.63) is 29.6 Å². The second-order valence-corrected chi connectivity index (χ2v) is 4.50. The van der Waals surface area contributed by atoms with Crippen molar-refractivity contribution >= 4 is 0 Å². The van der Waals surface area contributed by atoms with Crippen LogP contribution in [0.1, 0.15) is 32.3 Å². The molecule has 0 amide bonds. The number of benzene rings is 1. The maximum Gasteiger partial charge on any atom is 0.165 e. The fraction of sp³-hybridized carbons (Fsp3) is 0.600. The SMILES string of the molecule is CCOCCCOc1c(F)cccc1CC(N)CC. The molecular formula is C15H24FNO2. The Balaban J connectivity index is 2.59. The van der Waals surface area contributed by atoms with Crippen LogP contribution < -0.4 is 10.5 Å². The number of hydrogen-bond donors (Lipinski definition) is 1. The normalized spacial score (nSPS) is 12.4. The summed E-state index contributed by atoms with van der Waals surface area (Å²) in [4.78, 5) is 0. The Labute approximate surface area is 114 Å². The summed E-state index contributed by atoms with van der Waals surface area (Å²) in [7, 11) is 0. The molecule has 0 aliphatic heterocycles. The van der Waals surface area contributed by atoms with E-state index in [2.05, 4.69) is 0 Å². The van der Waals surface area contributed by atoms with Crippen LogP contribution in [0.3, 0.4) is 0 Å². The summed E-state index contributed by atoms with van der Waals surface area (Å²) in [6.07, 6.45) is 2.25. The fourth-order valence-electron chi connectivity index (χ4n) is 1.78. The molecule has 108 valence electrons. The summed E-state index contributed by atoms with van der Waals surface area (Å²) in [6.45, 7) is 5.74. The van der Waals surface area contributed by atoms with Gasteiger partial charge in [0.15, 0.2) is 11.6 Å². The molecule has 0 fully saturated rings. The van der Waals surface area contributed by atoms with Gasteiger partial charge in [-0.15, -0.1) is 0 Å². The predicted molar refractivity (Wildman–Crippen MR) is 75.0 cm³/mol. The van der Waals surface area contributed by atoms with Gasteiger partial charge in [-0.1, -0.05) is 19.1 Å². The molecular weight excluding hydrogens is 245 g/mol. The van der Waals surface area contributed by atoms with Crippen molar-refractivity contribution in [1.29, 1.82) is 0 Å². The molecule has 0 aliphatic carbocycles. The highest BCUT2D eigenvalue weighted by Gasteiger charge is 2.12. The van der Waals surface area contributed by atoms with E-state index in [9.17, 15) is 4.39 Å². The zero-order valence-corrected chi connectivity index (χ0v) is 11.8. The summed E-state index contributed by atoms with van der Waals surface area (Å²) in [5, 5.41) is 0. The van der Waals surface area contributed by atoms with Gasteiger partial charge in [-0.3, -0.25) is 0 Å². The molecule has 1 aromatic carbocycles. The highest BCUT2D eigenvalue weighted by molar-refractivity contribution is 5.35. The summed E-state index contributed by atoms with van der Waals surface area (Å²) in [6, 6.07) is 5.02. The largest absolute Gasteiger partial charge is 0.490 e. The highest BCUT2D eigenvalue weighted by Crippen LogP contribution is 2.24. The number of halogens is 1. The van der Waals surface area contributed by atoms with E-state index in [-0.39, 0.29) is 11.9 Å². The van der Waals surface area contributed by atoms with E-state index in [1.165, 1.54) is 6.07 Å². The molecule has 0 heterocycles. The second kappa shape index (κ2) is 8.88. The van der Waals surface area contributed by atoms with Crippen LogP contribution in [0.5, 0.6) is 5.75 Å². The smallest absolute Gasteiger partial charge is 0.165 e. The molecule has 0 saturated heterocycles. The van der Waals surface area contributed by atoms with Gasteiger partial charge >= 0.3 is 0 Å². The van der Waals surface area contributed by atoms with Gasteiger partial charge in [-0.25, -0.2) is 4.39 Å². The molecule has 0 spiro atoms. The van der Waals surface area contributed by atoms with Crippen molar-refractivity contribution in [2.75, 3.05) is 19.8 Å². The van der Waals surface area contributed by atoms with E-state index in [1.54, 1.807) is 6.07 Å². The minimum absolute atomic E-state index is 0.0348. The van der Waals surface area contributed by atoms with E-state index in [0.29, 0.717) is 32.0 Å². The van der Waals surface area contributed by atoms with Crippen LogP contribution in [0, 0.1) is 5.82 Å². The molecule has 0 aliphatic rings. The van der Waals surface area contributed by atoms with Crippen LogP contribution in [-0.2, 0) is 11.2 Å². The van der Waals surface area contributed by atoms with Crippen molar-refractivity contribution in [2.24, 2.45) is 5.73 Å². The number of hydrogen-bond acceptors (Lipinski definition) is 3. The lowest BCUT2D eigenvalue weighted by molar-refractivity contribution is 0.130. The first-order chi connectivity index (χ1) is 9.19. The Bertz CT molecular complexity index is 371. The van der Waals surface area contributed by atoms with Gasteiger partial charge in [0.05, 0.1) is 6.61 Å². The van der Waals surface area contributed by atoms with Crippen molar-refractivity contribution in [3.63, 3.8) is 0 Å². The summed E-state index contributed by atoms with van der Waals surface area (Å²) >= 11 is 0. The summed E-state index contributed by atoms with van der Waals surface area (Å²) < 4.78 is 24.6. The number of ether oxygens (including phenoxy) is 2. The molecule has 0 saturated carbocycles. The van der Waals surface area contributed by atoms with Crippen LogP contribution >= 0.6 is 0 Å². The van der Waals surface area contributed by atoms with Crippen LogP contribution in [-0.4, -0.2) is 25.9 Å². The standard InChI is InChI=1S/C15H24FNO2/c1-3-13(17)11-12-7-5-8-14(16)15(12)19-10-6-9-18-4-2/h5,7-8,13H,3-4,6,9-11,17H2,1-2H3. The van der Waals surface area contributed by atoms with Crippen molar-refractivity contribution in [1.82, 2.24) is 0 Å². The zero-order chi connectivity index (χ0) is 14.1. The molecule has 19 heavy (non-hydrogen) atoms. The minimum Gasteiger partial charge on any atom is -0.490 e. The molecule has 4 heteroatoms. The monoisotopic (exact) mass is 269 g/mol. The quantitative estimate of drug-likeness (QED) is 0.701. The lowest BCUT2D eigenvalue weighted by Crippen LogP contribution is -2.22. The summed E-state index contributed by atoms with van der Waals surface area (Å²) in [5.74, 6) is 0.0140. The number of para-hydroxylation sites is 1. The maximum atomic E-state index is 13.8. The third-order valence-corrected chi connectivity index (χ3v) is 2.94. The van der Waals surface area contributed by atoms with Gasteiger partial charge in [0.25, 0.3) is 0 Å². The van der Waals surface area contributed by atoms with Gasteiger partial charge in [-0.2, -0.15) is 0 Å². The van der Waals surface area contributed by atoms with Gasteiger partial charge in [0.2, 0.25) is 0 Å². The third kappa shape index (κ3) is 5.57. The highest BCUT2D eigenvalue weighted by atomic mass is 19.1. The Morgan fingerprint density at radius 2 is 2.05 bits per heavy atom. The molecule has 0 aromatic heterocycles. The Kier molecular flexibility index (Phi) is 7.45.